The largest absolute Gasteiger partial charge is 0.416 e. The smallest absolute Gasteiger partial charge is 0.351 e. The van der Waals surface area contributed by atoms with Gasteiger partial charge in [0.2, 0.25) is 5.91 Å². The zero-order valence-corrected chi connectivity index (χ0v) is 19.0. The minimum absolute atomic E-state index is 0.0174. The average Bonchev–Trinajstić information content (AvgIpc) is 3.28. The van der Waals surface area contributed by atoms with Crippen LogP contribution in [0.15, 0.2) is 42.5 Å². The molecule has 1 heterocycles. The van der Waals surface area contributed by atoms with Crippen molar-refractivity contribution in [3.8, 4) is 6.07 Å². The van der Waals surface area contributed by atoms with Gasteiger partial charge < -0.3 is 10.2 Å². The number of hydrogen-bond donors (Lipinski definition) is 1. The van der Waals surface area contributed by atoms with Crippen LogP contribution in [0, 0.1) is 28.4 Å². The Morgan fingerprint density at radius 2 is 1.74 bits per heavy atom. The van der Waals surface area contributed by atoms with Gasteiger partial charge in [-0.1, -0.05) is 12.1 Å². The van der Waals surface area contributed by atoms with Crippen molar-refractivity contribution in [1.29, 1.82) is 5.26 Å². The molecule has 0 radical (unpaired) electrons. The Bertz CT molecular complexity index is 1100. The van der Waals surface area contributed by atoms with Crippen LogP contribution in [0.1, 0.15) is 54.7 Å². The van der Waals surface area contributed by atoms with Gasteiger partial charge in [0.05, 0.1) is 11.6 Å². The van der Waals surface area contributed by atoms with E-state index in [1.54, 1.807) is 0 Å². The summed E-state index contributed by atoms with van der Waals surface area (Å²) in [6.07, 6.45) is -1.54. The highest BCUT2D eigenvalue weighted by molar-refractivity contribution is 5.85. The number of alkyl halides is 3. The quantitative estimate of drug-likeness (QED) is 0.559. The molecule has 2 atom stereocenters. The molecular weight excluding hydrogens is 465 g/mol. The van der Waals surface area contributed by atoms with Crippen molar-refractivity contribution in [2.24, 2.45) is 5.41 Å². The lowest BCUT2D eigenvalue weighted by atomic mass is 9.85. The molecule has 2 aliphatic rings. The Morgan fingerprint density at radius 1 is 1.06 bits per heavy atom. The maximum absolute atomic E-state index is 13.6. The molecule has 1 amide bonds. The van der Waals surface area contributed by atoms with Crippen LogP contribution in [-0.2, 0) is 17.5 Å². The highest BCUT2D eigenvalue weighted by Gasteiger charge is 2.47. The van der Waals surface area contributed by atoms with Crippen molar-refractivity contribution in [2.75, 3.05) is 13.1 Å². The number of benzene rings is 2. The molecule has 2 aromatic rings. The lowest BCUT2D eigenvalue weighted by molar-refractivity contribution is -0.137. The lowest BCUT2D eigenvalue weighted by Crippen LogP contribution is -2.43. The van der Waals surface area contributed by atoms with E-state index in [0.29, 0.717) is 31.2 Å². The SMILES string of the molecule is N#CC1(C(=O)NCc2cc(F)cc(C(F)(F)F)c2)CCC(N2CCC(c3ccc(F)cc3)CC2)C1. The van der Waals surface area contributed by atoms with E-state index in [1.165, 1.54) is 12.1 Å². The van der Waals surface area contributed by atoms with E-state index in [4.69, 9.17) is 0 Å². The molecule has 1 saturated carbocycles. The fourth-order valence-corrected chi connectivity index (χ4v) is 5.29. The molecular formula is C26H26F5N3O. The number of nitrogens with zero attached hydrogens (tertiary/aromatic N) is 2. The third-order valence-electron chi connectivity index (χ3n) is 7.26. The Labute approximate surface area is 200 Å². The van der Waals surface area contributed by atoms with Crippen molar-refractivity contribution in [1.82, 2.24) is 10.2 Å². The zero-order chi connectivity index (χ0) is 25.2. The zero-order valence-electron chi connectivity index (χ0n) is 19.0. The summed E-state index contributed by atoms with van der Waals surface area (Å²) < 4.78 is 65.7. The number of halogens is 5. The van der Waals surface area contributed by atoms with Gasteiger partial charge in [0.25, 0.3) is 0 Å². The van der Waals surface area contributed by atoms with Gasteiger partial charge in [-0.05, 0) is 92.6 Å². The summed E-state index contributed by atoms with van der Waals surface area (Å²) in [5, 5.41) is 12.4. The van der Waals surface area contributed by atoms with Gasteiger partial charge in [-0.25, -0.2) is 8.78 Å². The minimum atomic E-state index is -4.70. The summed E-state index contributed by atoms with van der Waals surface area (Å²) in [4.78, 5) is 15.2. The number of carbonyl (C=O) groups excluding carboxylic acids is 1. The monoisotopic (exact) mass is 491 g/mol. The van der Waals surface area contributed by atoms with Crippen molar-refractivity contribution in [3.05, 3.63) is 70.8 Å². The van der Waals surface area contributed by atoms with Gasteiger partial charge in [0.1, 0.15) is 17.0 Å². The molecule has 1 aliphatic carbocycles. The summed E-state index contributed by atoms with van der Waals surface area (Å²) in [5.41, 5.74) is -1.30. The third kappa shape index (κ3) is 5.64. The summed E-state index contributed by atoms with van der Waals surface area (Å²) in [5.74, 6) is -1.50. The molecule has 4 nitrogen and oxygen atoms in total. The lowest BCUT2D eigenvalue weighted by Gasteiger charge is -2.36. The van der Waals surface area contributed by atoms with E-state index in [9.17, 15) is 32.0 Å². The molecule has 1 saturated heterocycles. The van der Waals surface area contributed by atoms with Gasteiger partial charge in [-0.3, -0.25) is 4.79 Å². The average molecular weight is 492 g/mol. The maximum Gasteiger partial charge on any atom is 0.416 e. The van der Waals surface area contributed by atoms with Gasteiger partial charge in [-0.2, -0.15) is 18.4 Å². The first-order chi connectivity index (χ1) is 16.6. The Kier molecular flexibility index (Phi) is 7.13. The van der Waals surface area contributed by atoms with Gasteiger partial charge in [0, 0.05) is 12.6 Å². The number of piperidine rings is 1. The van der Waals surface area contributed by atoms with Crippen LogP contribution in [-0.4, -0.2) is 29.9 Å². The number of nitriles is 1. The highest BCUT2D eigenvalue weighted by Crippen LogP contribution is 2.42. The van der Waals surface area contributed by atoms with Crippen LogP contribution >= 0.6 is 0 Å². The van der Waals surface area contributed by atoms with E-state index in [2.05, 4.69) is 16.3 Å². The van der Waals surface area contributed by atoms with Crippen LogP contribution in [0.4, 0.5) is 22.0 Å². The number of hydrogen-bond acceptors (Lipinski definition) is 3. The normalized spacial score (nSPS) is 23.7. The molecule has 1 N–H and O–H groups in total. The maximum atomic E-state index is 13.6. The second-order valence-electron chi connectivity index (χ2n) is 9.48. The molecule has 186 valence electrons. The molecule has 0 spiro atoms. The molecule has 9 heteroatoms. The summed E-state index contributed by atoms with van der Waals surface area (Å²) >= 11 is 0. The Morgan fingerprint density at radius 3 is 2.37 bits per heavy atom. The van der Waals surface area contributed by atoms with Crippen LogP contribution < -0.4 is 5.32 Å². The highest BCUT2D eigenvalue weighted by atomic mass is 19.4. The van der Waals surface area contributed by atoms with Crippen molar-refractivity contribution in [2.45, 2.75) is 56.8 Å². The van der Waals surface area contributed by atoms with E-state index in [0.717, 1.165) is 43.6 Å². The fourth-order valence-electron chi connectivity index (χ4n) is 5.29. The van der Waals surface area contributed by atoms with Gasteiger partial charge in [-0.15, -0.1) is 0 Å². The molecule has 2 aromatic carbocycles. The van der Waals surface area contributed by atoms with Crippen LogP contribution in [0.25, 0.3) is 0 Å². The molecule has 2 fully saturated rings. The molecule has 2 unspecified atom stereocenters. The second-order valence-corrected chi connectivity index (χ2v) is 9.48. The summed E-state index contributed by atoms with van der Waals surface area (Å²) in [6, 6.07) is 10.9. The first-order valence-electron chi connectivity index (χ1n) is 11.7. The van der Waals surface area contributed by atoms with Crippen molar-refractivity contribution < 1.29 is 26.7 Å². The van der Waals surface area contributed by atoms with Gasteiger partial charge >= 0.3 is 6.18 Å². The topological polar surface area (TPSA) is 56.1 Å². The molecule has 0 bridgehead atoms. The predicted molar refractivity (Wildman–Crippen MR) is 119 cm³/mol. The minimum Gasteiger partial charge on any atom is -0.351 e. The molecule has 35 heavy (non-hydrogen) atoms. The Hall–Kier alpha value is -2.99. The van der Waals surface area contributed by atoms with Crippen LogP contribution in [0.5, 0.6) is 0 Å². The standard InChI is InChI=1S/C26H26F5N3O/c27-21-3-1-18(2-4-21)19-6-9-34(10-7-19)23-5-8-25(14-23,16-32)24(35)33-15-17-11-20(26(29,30)31)13-22(28)12-17/h1-4,11-13,19,23H,5-10,14-15H2,(H,33,35). The van der Waals surface area contributed by atoms with E-state index >= 15 is 0 Å². The fraction of sp³-hybridized carbons (Fsp3) is 0.462. The second kappa shape index (κ2) is 9.94. The predicted octanol–water partition coefficient (Wildman–Crippen LogP) is 5.54. The number of nitrogens with one attached hydrogen (secondary N) is 1. The third-order valence-corrected chi connectivity index (χ3v) is 7.26. The first kappa shape index (κ1) is 25.1. The number of rotatable bonds is 5. The van der Waals surface area contributed by atoms with E-state index < -0.39 is 28.9 Å². The number of likely N-dealkylation sites (tertiary alicyclic amines) is 1. The molecule has 4 rings (SSSR count). The van der Waals surface area contributed by atoms with Crippen LogP contribution in [0.2, 0.25) is 0 Å². The number of carbonyl (C=O) groups is 1. The van der Waals surface area contributed by atoms with Crippen molar-refractivity contribution in [3.63, 3.8) is 0 Å². The van der Waals surface area contributed by atoms with Crippen LogP contribution in [0.3, 0.4) is 0 Å². The molecule has 1 aliphatic heterocycles. The summed E-state index contributed by atoms with van der Waals surface area (Å²) in [6.45, 7) is 1.32. The van der Waals surface area contributed by atoms with E-state index in [1.807, 2.05) is 12.1 Å². The summed E-state index contributed by atoms with van der Waals surface area (Å²) in [7, 11) is 0. The van der Waals surface area contributed by atoms with E-state index in [-0.39, 0.29) is 24.0 Å². The molecule has 0 aromatic heterocycles. The number of amides is 1. The van der Waals surface area contributed by atoms with Crippen molar-refractivity contribution >= 4 is 5.91 Å². The Balaban J connectivity index is 1.34. The van der Waals surface area contributed by atoms with Gasteiger partial charge in [0.15, 0.2) is 0 Å². The first-order valence-corrected chi connectivity index (χ1v) is 11.7.